The third-order valence-electron chi connectivity index (χ3n) is 1.95. The van der Waals surface area contributed by atoms with Crippen LogP contribution in [0, 0.1) is 0 Å². The van der Waals surface area contributed by atoms with Gasteiger partial charge in [-0.3, -0.25) is 0 Å². The number of oxime groups is 1. The zero-order valence-electron chi connectivity index (χ0n) is 7.40. The Labute approximate surface area is 76.6 Å². The van der Waals surface area contributed by atoms with Crippen molar-refractivity contribution in [2.24, 2.45) is 5.16 Å². The first-order valence-electron chi connectivity index (χ1n) is 4.20. The zero-order valence-corrected chi connectivity index (χ0v) is 7.40. The van der Waals surface area contributed by atoms with Gasteiger partial charge in [0.25, 0.3) is 0 Å². The van der Waals surface area contributed by atoms with Crippen LogP contribution >= 0.6 is 0 Å². The van der Waals surface area contributed by atoms with Crippen LogP contribution in [0.4, 0.5) is 0 Å². The summed E-state index contributed by atoms with van der Waals surface area (Å²) in [6.45, 7) is 1.60. The molecule has 0 saturated heterocycles. The number of benzene rings is 1. The molecule has 3 nitrogen and oxygen atoms in total. The van der Waals surface area contributed by atoms with Crippen LogP contribution in [0.5, 0.6) is 0 Å². The van der Waals surface area contributed by atoms with Crippen LogP contribution in [0.25, 0.3) is 0 Å². The Morgan fingerprint density at radius 2 is 2.08 bits per heavy atom. The molecule has 13 heavy (non-hydrogen) atoms. The highest BCUT2D eigenvalue weighted by molar-refractivity contribution is 6.01. The van der Waals surface area contributed by atoms with Crippen molar-refractivity contribution in [3.05, 3.63) is 35.9 Å². The number of nitrogens with zero attached hydrogens (tertiary/aromatic N) is 1. The van der Waals surface area contributed by atoms with E-state index in [4.69, 9.17) is 4.84 Å². The standard InChI is InChI=1S/C10H11NO2/c1-10(12)7-9(11-13-10)8-5-3-2-4-6-8/h2-6,12H,7H2,1H3. The molecule has 0 spiro atoms. The first kappa shape index (κ1) is 8.26. The molecule has 0 saturated carbocycles. The van der Waals surface area contributed by atoms with Crippen LogP contribution in [0.2, 0.25) is 0 Å². The monoisotopic (exact) mass is 177 g/mol. The van der Waals surface area contributed by atoms with Crippen molar-refractivity contribution >= 4 is 5.71 Å². The fourth-order valence-electron chi connectivity index (χ4n) is 1.31. The minimum Gasteiger partial charge on any atom is -0.360 e. The SMILES string of the molecule is CC1(O)CC(c2ccccc2)=NO1. The number of hydrogen-bond donors (Lipinski definition) is 1. The minimum absolute atomic E-state index is 0.441. The first-order chi connectivity index (χ1) is 6.17. The van der Waals surface area contributed by atoms with Gasteiger partial charge in [-0.1, -0.05) is 35.5 Å². The molecular weight excluding hydrogens is 166 g/mol. The Kier molecular flexibility index (Phi) is 1.81. The average molecular weight is 177 g/mol. The lowest BCUT2D eigenvalue weighted by atomic mass is 10.0. The van der Waals surface area contributed by atoms with Gasteiger partial charge in [-0.25, -0.2) is 0 Å². The maximum absolute atomic E-state index is 9.49. The Morgan fingerprint density at radius 3 is 2.62 bits per heavy atom. The molecule has 0 fully saturated rings. The van der Waals surface area contributed by atoms with Crippen molar-refractivity contribution in [1.82, 2.24) is 0 Å². The van der Waals surface area contributed by atoms with Gasteiger partial charge in [0.2, 0.25) is 5.79 Å². The van der Waals surface area contributed by atoms with Gasteiger partial charge in [0.1, 0.15) is 0 Å². The Balaban J connectivity index is 2.22. The third kappa shape index (κ3) is 1.70. The molecule has 1 aromatic rings. The summed E-state index contributed by atoms with van der Waals surface area (Å²) in [5.74, 6) is -1.13. The normalized spacial score (nSPS) is 26.8. The molecule has 1 aromatic carbocycles. The van der Waals surface area contributed by atoms with E-state index in [-0.39, 0.29) is 0 Å². The highest BCUT2D eigenvalue weighted by Crippen LogP contribution is 2.23. The van der Waals surface area contributed by atoms with Crippen LogP contribution in [-0.4, -0.2) is 16.6 Å². The molecule has 1 N–H and O–H groups in total. The maximum Gasteiger partial charge on any atom is 0.237 e. The Bertz CT molecular complexity index is 330. The second-order valence-electron chi connectivity index (χ2n) is 3.35. The molecule has 0 bridgehead atoms. The van der Waals surface area contributed by atoms with E-state index >= 15 is 0 Å². The van der Waals surface area contributed by atoms with E-state index < -0.39 is 5.79 Å². The second kappa shape index (κ2) is 2.85. The molecule has 1 unspecified atom stereocenters. The molecule has 68 valence electrons. The van der Waals surface area contributed by atoms with Crippen LogP contribution in [-0.2, 0) is 4.84 Å². The van der Waals surface area contributed by atoms with Gasteiger partial charge in [-0.15, -0.1) is 0 Å². The summed E-state index contributed by atoms with van der Waals surface area (Å²) in [5, 5.41) is 13.3. The molecule has 1 aliphatic heterocycles. The van der Waals surface area contributed by atoms with Gasteiger partial charge in [-0.05, 0) is 5.56 Å². The van der Waals surface area contributed by atoms with Crippen molar-refractivity contribution in [2.45, 2.75) is 19.1 Å². The van der Waals surface area contributed by atoms with Gasteiger partial charge in [0.15, 0.2) is 0 Å². The lowest BCUT2D eigenvalue weighted by Gasteiger charge is -2.11. The molecule has 1 heterocycles. The predicted molar refractivity (Wildman–Crippen MR) is 49.3 cm³/mol. The summed E-state index contributed by atoms with van der Waals surface area (Å²) in [6, 6.07) is 9.71. The van der Waals surface area contributed by atoms with Crippen molar-refractivity contribution in [2.75, 3.05) is 0 Å². The fraction of sp³-hybridized carbons (Fsp3) is 0.300. The molecule has 2 rings (SSSR count). The predicted octanol–water partition coefficient (Wildman–Crippen LogP) is 1.52. The largest absolute Gasteiger partial charge is 0.360 e. The molecule has 0 aromatic heterocycles. The van der Waals surface area contributed by atoms with Crippen molar-refractivity contribution < 1.29 is 9.94 Å². The van der Waals surface area contributed by atoms with Crippen molar-refractivity contribution in [1.29, 1.82) is 0 Å². The van der Waals surface area contributed by atoms with E-state index in [2.05, 4.69) is 5.16 Å². The van der Waals surface area contributed by atoms with Crippen LogP contribution < -0.4 is 0 Å². The van der Waals surface area contributed by atoms with E-state index in [1.165, 1.54) is 0 Å². The molecule has 0 amide bonds. The Morgan fingerprint density at radius 1 is 1.38 bits per heavy atom. The van der Waals surface area contributed by atoms with Gasteiger partial charge in [0.05, 0.1) is 12.1 Å². The van der Waals surface area contributed by atoms with E-state index in [0.29, 0.717) is 6.42 Å². The summed E-state index contributed by atoms with van der Waals surface area (Å²) < 4.78 is 0. The lowest BCUT2D eigenvalue weighted by Crippen LogP contribution is -2.23. The van der Waals surface area contributed by atoms with E-state index in [9.17, 15) is 5.11 Å². The minimum atomic E-state index is -1.13. The quantitative estimate of drug-likeness (QED) is 0.706. The maximum atomic E-state index is 9.49. The van der Waals surface area contributed by atoms with E-state index in [1.807, 2.05) is 30.3 Å². The van der Waals surface area contributed by atoms with Crippen LogP contribution in [0.1, 0.15) is 18.9 Å². The van der Waals surface area contributed by atoms with Gasteiger partial charge < -0.3 is 9.94 Å². The van der Waals surface area contributed by atoms with Gasteiger partial charge >= 0.3 is 0 Å². The average Bonchev–Trinajstić information content (AvgIpc) is 2.48. The topological polar surface area (TPSA) is 41.8 Å². The molecule has 1 atom stereocenters. The highest BCUT2D eigenvalue weighted by Gasteiger charge is 2.31. The van der Waals surface area contributed by atoms with E-state index in [1.54, 1.807) is 6.92 Å². The summed E-state index contributed by atoms with van der Waals surface area (Å²) >= 11 is 0. The number of hydrogen-bond acceptors (Lipinski definition) is 3. The summed E-state index contributed by atoms with van der Waals surface area (Å²) in [5.41, 5.74) is 1.80. The van der Waals surface area contributed by atoms with Crippen molar-refractivity contribution in [3.63, 3.8) is 0 Å². The first-order valence-corrected chi connectivity index (χ1v) is 4.20. The Hall–Kier alpha value is -1.35. The van der Waals surface area contributed by atoms with E-state index in [0.717, 1.165) is 11.3 Å². The zero-order chi connectivity index (χ0) is 9.31. The smallest absolute Gasteiger partial charge is 0.237 e. The van der Waals surface area contributed by atoms with Gasteiger partial charge in [0, 0.05) is 6.92 Å². The summed E-state index contributed by atoms with van der Waals surface area (Å²) in [6.07, 6.45) is 0.441. The summed E-state index contributed by atoms with van der Waals surface area (Å²) in [7, 11) is 0. The lowest BCUT2D eigenvalue weighted by molar-refractivity contribution is -0.170. The molecule has 0 aliphatic carbocycles. The molecule has 0 radical (unpaired) electrons. The van der Waals surface area contributed by atoms with Crippen molar-refractivity contribution in [3.8, 4) is 0 Å². The third-order valence-corrected chi connectivity index (χ3v) is 1.95. The molecular formula is C10H11NO2. The fourth-order valence-corrected chi connectivity index (χ4v) is 1.31. The highest BCUT2D eigenvalue weighted by atomic mass is 16.7. The second-order valence-corrected chi connectivity index (χ2v) is 3.35. The van der Waals surface area contributed by atoms with Crippen LogP contribution in [0.3, 0.4) is 0 Å². The van der Waals surface area contributed by atoms with Crippen LogP contribution in [0.15, 0.2) is 35.5 Å². The molecule has 3 heteroatoms. The van der Waals surface area contributed by atoms with Gasteiger partial charge in [-0.2, -0.15) is 0 Å². The number of aliphatic hydroxyl groups is 1. The molecule has 1 aliphatic rings. The summed E-state index contributed by atoms with van der Waals surface area (Å²) in [4.78, 5) is 4.85. The number of rotatable bonds is 1.